The lowest BCUT2D eigenvalue weighted by atomic mass is 10.0. The molecule has 4 rings (SSSR count). The Bertz CT molecular complexity index is 858. The third-order valence-electron chi connectivity index (χ3n) is 4.40. The number of likely N-dealkylation sites (tertiary alicyclic amines) is 1. The predicted molar refractivity (Wildman–Crippen MR) is 87.5 cm³/mol. The van der Waals surface area contributed by atoms with Crippen LogP contribution in [0.3, 0.4) is 0 Å². The van der Waals surface area contributed by atoms with Gasteiger partial charge in [-0.05, 0) is 43.5 Å². The first-order valence-corrected chi connectivity index (χ1v) is 8.21. The molecule has 3 heterocycles. The van der Waals surface area contributed by atoms with Gasteiger partial charge in [0.05, 0.1) is 17.9 Å². The zero-order valence-electron chi connectivity index (χ0n) is 13.5. The van der Waals surface area contributed by atoms with Crippen LogP contribution in [0.1, 0.15) is 41.6 Å². The van der Waals surface area contributed by atoms with Gasteiger partial charge in [-0.1, -0.05) is 5.21 Å². The topological polar surface area (TPSA) is 79.7 Å². The highest BCUT2D eigenvalue weighted by Gasteiger charge is 2.31. The third-order valence-corrected chi connectivity index (χ3v) is 4.40. The molecule has 1 atom stereocenters. The minimum absolute atomic E-state index is 0.0766. The van der Waals surface area contributed by atoms with Gasteiger partial charge < -0.3 is 9.88 Å². The molecular formula is C17H17FN6O. The smallest absolute Gasteiger partial charge is 0.276 e. The van der Waals surface area contributed by atoms with E-state index in [-0.39, 0.29) is 23.5 Å². The highest BCUT2D eigenvalue weighted by molar-refractivity contribution is 5.92. The Hall–Kier alpha value is -3.03. The Labute approximate surface area is 143 Å². The van der Waals surface area contributed by atoms with Crippen LogP contribution in [-0.2, 0) is 0 Å². The molecule has 0 aliphatic carbocycles. The number of aromatic nitrogens is 5. The highest BCUT2D eigenvalue weighted by atomic mass is 19.1. The van der Waals surface area contributed by atoms with Crippen LogP contribution >= 0.6 is 0 Å². The second-order valence-corrected chi connectivity index (χ2v) is 6.01. The molecule has 0 bridgehead atoms. The number of benzene rings is 1. The lowest BCUT2D eigenvalue weighted by molar-refractivity contribution is 0.0595. The van der Waals surface area contributed by atoms with Gasteiger partial charge in [0, 0.05) is 18.9 Å². The average molecular weight is 340 g/mol. The number of rotatable bonds is 3. The number of nitrogens with one attached hydrogen (secondary N) is 1. The van der Waals surface area contributed by atoms with E-state index in [1.807, 2.05) is 0 Å². The number of carbonyl (C=O) groups is 1. The summed E-state index contributed by atoms with van der Waals surface area (Å²) in [6.07, 6.45) is 7.90. The summed E-state index contributed by atoms with van der Waals surface area (Å²) in [5.41, 5.74) is 0.914. The fraction of sp³-hybridized carbons (Fsp3) is 0.294. The molecule has 8 heteroatoms. The number of hydrogen-bond acceptors (Lipinski definition) is 4. The molecule has 1 fully saturated rings. The lowest BCUT2D eigenvalue weighted by Crippen LogP contribution is -2.39. The summed E-state index contributed by atoms with van der Waals surface area (Å²) in [4.78, 5) is 22.1. The van der Waals surface area contributed by atoms with Gasteiger partial charge in [0.2, 0.25) is 0 Å². The van der Waals surface area contributed by atoms with Gasteiger partial charge in [-0.3, -0.25) is 4.79 Å². The van der Waals surface area contributed by atoms with Crippen molar-refractivity contribution in [2.45, 2.75) is 25.3 Å². The van der Waals surface area contributed by atoms with Crippen LogP contribution in [0.4, 0.5) is 4.39 Å². The molecule has 1 N–H and O–H groups in total. The van der Waals surface area contributed by atoms with Crippen LogP contribution in [0.25, 0.3) is 5.69 Å². The second kappa shape index (κ2) is 6.46. The minimum Gasteiger partial charge on any atom is -0.347 e. The number of amides is 1. The number of imidazole rings is 1. The van der Waals surface area contributed by atoms with Crippen LogP contribution in [0.2, 0.25) is 0 Å². The molecule has 1 aromatic carbocycles. The van der Waals surface area contributed by atoms with Crippen LogP contribution < -0.4 is 0 Å². The van der Waals surface area contributed by atoms with Crippen molar-refractivity contribution in [3.05, 3.63) is 60.2 Å². The summed E-state index contributed by atoms with van der Waals surface area (Å²) in [6.45, 7) is 0.660. The Morgan fingerprint density at radius 3 is 2.84 bits per heavy atom. The van der Waals surface area contributed by atoms with E-state index in [4.69, 9.17) is 0 Å². The standard InChI is InChI=1S/C17H17FN6O/c18-12-4-6-13(7-5-12)24-11-14(21-22-24)17(25)23-10-2-1-3-15(23)16-19-8-9-20-16/h4-9,11,15H,1-3,10H2,(H,19,20)/t15-/m1/s1. The molecule has 128 valence electrons. The third kappa shape index (κ3) is 3.02. The van der Waals surface area contributed by atoms with Crippen molar-refractivity contribution in [3.63, 3.8) is 0 Å². The minimum atomic E-state index is -0.324. The van der Waals surface area contributed by atoms with E-state index in [1.54, 1.807) is 35.6 Å². The maximum Gasteiger partial charge on any atom is 0.276 e. The zero-order chi connectivity index (χ0) is 17.2. The number of aromatic amines is 1. The molecule has 25 heavy (non-hydrogen) atoms. The van der Waals surface area contributed by atoms with Crippen molar-refractivity contribution in [1.29, 1.82) is 0 Å². The SMILES string of the molecule is O=C(c1cn(-c2ccc(F)cc2)nn1)N1CCCC[C@@H]1c1ncc[nH]1. The first-order chi connectivity index (χ1) is 12.2. The van der Waals surface area contributed by atoms with Crippen molar-refractivity contribution in [3.8, 4) is 5.69 Å². The molecular weight excluding hydrogens is 323 g/mol. The quantitative estimate of drug-likeness (QED) is 0.794. The van der Waals surface area contributed by atoms with E-state index < -0.39 is 0 Å². The van der Waals surface area contributed by atoms with E-state index in [9.17, 15) is 9.18 Å². The molecule has 7 nitrogen and oxygen atoms in total. The molecule has 1 aliphatic heterocycles. The van der Waals surface area contributed by atoms with Gasteiger partial charge in [-0.15, -0.1) is 5.10 Å². The Kier molecular flexibility index (Phi) is 4.01. The van der Waals surface area contributed by atoms with Crippen molar-refractivity contribution in [2.75, 3.05) is 6.54 Å². The molecule has 2 aromatic heterocycles. The van der Waals surface area contributed by atoms with Gasteiger partial charge in [0.25, 0.3) is 5.91 Å². The van der Waals surface area contributed by atoms with Crippen molar-refractivity contribution >= 4 is 5.91 Å². The van der Waals surface area contributed by atoms with Crippen LogP contribution in [0.15, 0.2) is 42.9 Å². The molecule has 0 spiro atoms. The predicted octanol–water partition coefficient (Wildman–Crippen LogP) is 2.50. The summed E-state index contributed by atoms with van der Waals surface area (Å²) in [7, 11) is 0. The lowest BCUT2D eigenvalue weighted by Gasteiger charge is -2.33. The number of nitrogens with zero attached hydrogens (tertiary/aromatic N) is 5. The molecule has 1 aliphatic rings. The summed E-state index contributed by atoms with van der Waals surface area (Å²) >= 11 is 0. The van der Waals surface area contributed by atoms with Crippen LogP contribution in [-0.4, -0.2) is 42.3 Å². The van der Waals surface area contributed by atoms with E-state index in [0.29, 0.717) is 12.2 Å². The Balaban J connectivity index is 1.58. The average Bonchev–Trinajstić information content (AvgIpc) is 3.34. The fourth-order valence-electron chi connectivity index (χ4n) is 3.15. The highest BCUT2D eigenvalue weighted by Crippen LogP contribution is 2.29. The summed E-state index contributed by atoms with van der Waals surface area (Å²) in [6, 6.07) is 5.79. The Morgan fingerprint density at radius 1 is 1.24 bits per heavy atom. The van der Waals surface area contributed by atoms with Crippen molar-refractivity contribution in [2.24, 2.45) is 0 Å². The van der Waals surface area contributed by atoms with E-state index in [0.717, 1.165) is 25.1 Å². The van der Waals surface area contributed by atoms with E-state index >= 15 is 0 Å². The fourth-order valence-corrected chi connectivity index (χ4v) is 3.15. The summed E-state index contributed by atoms with van der Waals surface area (Å²) < 4.78 is 14.5. The van der Waals surface area contributed by atoms with Crippen LogP contribution in [0, 0.1) is 5.82 Å². The number of carbonyl (C=O) groups excluding carboxylic acids is 1. The van der Waals surface area contributed by atoms with Crippen LogP contribution in [0.5, 0.6) is 0 Å². The monoisotopic (exact) mass is 340 g/mol. The second-order valence-electron chi connectivity index (χ2n) is 6.01. The molecule has 0 radical (unpaired) electrons. The molecule has 1 amide bonds. The zero-order valence-corrected chi connectivity index (χ0v) is 13.5. The first-order valence-electron chi connectivity index (χ1n) is 8.21. The maximum atomic E-state index is 13.0. The van der Waals surface area contributed by atoms with Gasteiger partial charge in [0.15, 0.2) is 5.69 Å². The molecule has 0 unspecified atom stereocenters. The first kappa shape index (κ1) is 15.5. The number of H-pyrrole nitrogens is 1. The molecule has 1 saturated heterocycles. The van der Waals surface area contributed by atoms with E-state index in [1.165, 1.54) is 16.8 Å². The Morgan fingerprint density at radius 2 is 2.08 bits per heavy atom. The number of hydrogen-bond donors (Lipinski definition) is 1. The largest absolute Gasteiger partial charge is 0.347 e. The maximum absolute atomic E-state index is 13.0. The normalized spacial score (nSPS) is 17.6. The molecule has 0 saturated carbocycles. The number of halogens is 1. The molecule has 3 aromatic rings. The van der Waals surface area contributed by atoms with E-state index in [2.05, 4.69) is 20.3 Å². The van der Waals surface area contributed by atoms with Gasteiger partial charge in [-0.2, -0.15) is 0 Å². The van der Waals surface area contributed by atoms with Gasteiger partial charge >= 0.3 is 0 Å². The van der Waals surface area contributed by atoms with Crippen molar-refractivity contribution < 1.29 is 9.18 Å². The number of piperidine rings is 1. The van der Waals surface area contributed by atoms with Gasteiger partial charge in [-0.25, -0.2) is 14.1 Å². The summed E-state index contributed by atoms with van der Waals surface area (Å²) in [5.74, 6) is 0.295. The van der Waals surface area contributed by atoms with Crippen molar-refractivity contribution in [1.82, 2.24) is 29.9 Å². The summed E-state index contributed by atoms with van der Waals surface area (Å²) in [5, 5.41) is 8.00. The van der Waals surface area contributed by atoms with Gasteiger partial charge in [0.1, 0.15) is 11.6 Å².